The number of rotatable bonds is 2. The van der Waals surface area contributed by atoms with Crippen molar-refractivity contribution in [3.05, 3.63) is 57.5 Å². The largest absolute Gasteiger partial charge is 0.384 e. The van der Waals surface area contributed by atoms with Crippen LogP contribution < -0.4 is 10.9 Å². The number of piperidine rings is 1. The predicted octanol–water partition coefficient (Wildman–Crippen LogP) is 2.76. The Balaban J connectivity index is 1.80. The van der Waals surface area contributed by atoms with Crippen LogP contribution in [0.5, 0.6) is 0 Å². The van der Waals surface area contributed by atoms with Crippen LogP contribution >= 0.6 is 11.6 Å². The second-order valence-electron chi connectivity index (χ2n) is 4.81. The Morgan fingerprint density at radius 2 is 2.05 bits per heavy atom. The summed E-state index contributed by atoms with van der Waals surface area (Å²) in [6, 6.07) is 9.63. The molecule has 1 aromatic carbocycles. The van der Waals surface area contributed by atoms with E-state index in [2.05, 4.69) is 5.32 Å². The summed E-state index contributed by atoms with van der Waals surface area (Å²) < 4.78 is 6.74. The predicted molar refractivity (Wildman–Crippen MR) is 73.4 cm³/mol. The zero-order valence-corrected chi connectivity index (χ0v) is 11.1. The maximum atomic E-state index is 11.6. The molecule has 2 atom stereocenters. The van der Waals surface area contributed by atoms with E-state index in [4.69, 9.17) is 16.1 Å². The summed E-state index contributed by atoms with van der Waals surface area (Å²) in [5.74, 6) is 0. The Bertz CT molecular complexity index is 602. The highest BCUT2D eigenvalue weighted by Crippen LogP contribution is 2.30. The summed E-state index contributed by atoms with van der Waals surface area (Å²) in [7, 11) is 0. The molecule has 3 rings (SSSR count). The first-order valence-electron chi connectivity index (χ1n) is 6.39. The average Bonchev–Trinajstić information content (AvgIpc) is 2.86. The molecule has 4 nitrogen and oxygen atoms in total. The monoisotopic (exact) mass is 278 g/mol. The average molecular weight is 279 g/mol. The maximum absolute atomic E-state index is 11.6. The molecular formula is C14H15ClN2O2. The van der Waals surface area contributed by atoms with Gasteiger partial charge in [-0.15, -0.1) is 0 Å². The van der Waals surface area contributed by atoms with Crippen LogP contribution in [0.4, 0.5) is 0 Å². The van der Waals surface area contributed by atoms with Gasteiger partial charge in [0.05, 0.1) is 6.04 Å². The van der Waals surface area contributed by atoms with Gasteiger partial charge in [0.15, 0.2) is 0 Å². The van der Waals surface area contributed by atoms with Gasteiger partial charge in [-0.2, -0.15) is 4.74 Å². The molecule has 1 aromatic heterocycles. The fourth-order valence-electron chi connectivity index (χ4n) is 2.61. The summed E-state index contributed by atoms with van der Waals surface area (Å²) in [5.41, 5.74) is 1.12. The van der Waals surface area contributed by atoms with Gasteiger partial charge in [-0.05, 0) is 37.1 Å². The van der Waals surface area contributed by atoms with Crippen LogP contribution in [-0.2, 0) is 0 Å². The van der Waals surface area contributed by atoms with Gasteiger partial charge in [0.1, 0.15) is 6.26 Å². The third-order valence-corrected chi connectivity index (χ3v) is 3.83. The van der Waals surface area contributed by atoms with Gasteiger partial charge in [0.2, 0.25) is 0 Å². The lowest BCUT2D eigenvalue weighted by Crippen LogP contribution is -2.35. The van der Waals surface area contributed by atoms with Gasteiger partial charge < -0.3 is 9.84 Å². The minimum Gasteiger partial charge on any atom is -0.384 e. The van der Waals surface area contributed by atoms with Gasteiger partial charge in [0, 0.05) is 17.1 Å². The number of hydrogen-bond acceptors (Lipinski definition) is 3. The molecule has 0 saturated carbocycles. The van der Waals surface area contributed by atoms with Crippen molar-refractivity contribution >= 4 is 11.6 Å². The van der Waals surface area contributed by atoms with E-state index in [1.807, 2.05) is 24.3 Å². The van der Waals surface area contributed by atoms with Crippen molar-refractivity contribution in [1.82, 2.24) is 10.1 Å². The molecule has 1 aliphatic rings. The van der Waals surface area contributed by atoms with Gasteiger partial charge in [-0.3, -0.25) is 4.79 Å². The van der Waals surface area contributed by atoms with Crippen LogP contribution in [-0.4, -0.2) is 11.3 Å². The highest BCUT2D eigenvalue weighted by Gasteiger charge is 2.25. The van der Waals surface area contributed by atoms with E-state index in [1.54, 1.807) is 0 Å². The first kappa shape index (κ1) is 12.5. The molecule has 1 N–H and O–H groups in total. The zero-order chi connectivity index (χ0) is 13.2. The summed E-state index contributed by atoms with van der Waals surface area (Å²) in [6.07, 6.45) is 3.19. The second-order valence-corrected chi connectivity index (χ2v) is 5.25. The van der Waals surface area contributed by atoms with Gasteiger partial charge >= 0.3 is 0 Å². The molecule has 0 unspecified atom stereocenters. The number of aromatic nitrogens is 1. The van der Waals surface area contributed by atoms with E-state index in [-0.39, 0.29) is 17.6 Å². The van der Waals surface area contributed by atoms with Crippen LogP contribution in [0.25, 0.3) is 0 Å². The minimum atomic E-state index is -0.0678. The van der Waals surface area contributed by atoms with Crippen molar-refractivity contribution < 1.29 is 4.52 Å². The topological polar surface area (TPSA) is 47.2 Å². The molecule has 2 aromatic rings. The summed E-state index contributed by atoms with van der Waals surface area (Å²) in [6.45, 7) is 0.866. The van der Waals surface area contributed by atoms with Crippen LogP contribution in [0.1, 0.15) is 30.5 Å². The summed E-state index contributed by atoms with van der Waals surface area (Å²) in [4.78, 5) is 11.6. The van der Waals surface area contributed by atoms with E-state index >= 15 is 0 Å². The molecule has 0 spiro atoms. The summed E-state index contributed by atoms with van der Waals surface area (Å²) >= 11 is 5.90. The maximum Gasteiger partial charge on any atom is 0.282 e. The van der Waals surface area contributed by atoms with E-state index in [0.29, 0.717) is 0 Å². The first-order valence-corrected chi connectivity index (χ1v) is 6.77. The van der Waals surface area contributed by atoms with Crippen molar-refractivity contribution in [2.45, 2.75) is 24.9 Å². The molecule has 1 saturated heterocycles. The second kappa shape index (κ2) is 5.23. The van der Waals surface area contributed by atoms with Gasteiger partial charge in [-0.1, -0.05) is 23.7 Å². The molecule has 100 valence electrons. The van der Waals surface area contributed by atoms with Gasteiger partial charge in [-0.25, -0.2) is 0 Å². The minimum absolute atomic E-state index is 0.0678. The normalized spacial score (nSPS) is 23.4. The third-order valence-electron chi connectivity index (χ3n) is 3.58. The van der Waals surface area contributed by atoms with E-state index in [1.165, 1.54) is 22.6 Å². The van der Waals surface area contributed by atoms with Crippen LogP contribution in [0.15, 0.2) is 45.9 Å². The Labute approximate surface area is 115 Å². The third kappa shape index (κ3) is 2.60. The number of benzene rings is 1. The molecule has 5 heteroatoms. The van der Waals surface area contributed by atoms with E-state index in [9.17, 15) is 4.79 Å². The van der Waals surface area contributed by atoms with Crippen LogP contribution in [0, 0.1) is 0 Å². The van der Waals surface area contributed by atoms with Crippen LogP contribution in [0.2, 0.25) is 5.02 Å². The SMILES string of the molecule is O=c1ccon1[C@@H]1CCN[C@H](c2ccc(Cl)cc2)C1. The Morgan fingerprint density at radius 1 is 1.26 bits per heavy atom. The lowest BCUT2D eigenvalue weighted by Gasteiger charge is -2.30. The lowest BCUT2D eigenvalue weighted by molar-refractivity contribution is 0.161. The highest BCUT2D eigenvalue weighted by molar-refractivity contribution is 6.30. The fraction of sp³-hybridized carbons (Fsp3) is 0.357. The van der Waals surface area contributed by atoms with E-state index < -0.39 is 0 Å². The van der Waals surface area contributed by atoms with Crippen molar-refractivity contribution in [2.75, 3.05) is 6.54 Å². The molecule has 0 aliphatic carbocycles. The molecule has 0 amide bonds. The lowest BCUT2D eigenvalue weighted by atomic mass is 9.94. The zero-order valence-electron chi connectivity index (χ0n) is 10.4. The van der Waals surface area contributed by atoms with Crippen molar-refractivity contribution in [3.8, 4) is 0 Å². The molecule has 2 heterocycles. The Morgan fingerprint density at radius 3 is 2.74 bits per heavy atom. The Hall–Kier alpha value is -1.52. The number of nitrogens with zero attached hydrogens (tertiary/aromatic N) is 1. The number of halogens is 1. The fourth-order valence-corrected chi connectivity index (χ4v) is 2.73. The Kier molecular flexibility index (Phi) is 3.44. The van der Waals surface area contributed by atoms with Crippen LogP contribution in [0.3, 0.4) is 0 Å². The smallest absolute Gasteiger partial charge is 0.282 e. The summed E-state index contributed by atoms with van der Waals surface area (Å²) in [5, 5.41) is 4.20. The van der Waals surface area contributed by atoms with Crippen molar-refractivity contribution in [3.63, 3.8) is 0 Å². The number of hydrogen-bond donors (Lipinski definition) is 1. The standard InChI is InChI=1S/C14H15ClN2O2/c15-11-3-1-10(2-4-11)13-9-12(5-7-16-13)17-14(18)6-8-19-17/h1-4,6,8,12-13,16H,5,7,9H2/t12-,13+/m1/s1. The molecule has 19 heavy (non-hydrogen) atoms. The molecular weight excluding hydrogens is 264 g/mol. The first-order chi connectivity index (χ1) is 9.24. The van der Waals surface area contributed by atoms with E-state index in [0.717, 1.165) is 24.4 Å². The molecule has 0 radical (unpaired) electrons. The van der Waals surface area contributed by atoms with Crippen molar-refractivity contribution in [2.24, 2.45) is 0 Å². The molecule has 1 fully saturated rings. The molecule has 0 bridgehead atoms. The molecule has 1 aliphatic heterocycles. The van der Waals surface area contributed by atoms with Crippen molar-refractivity contribution in [1.29, 1.82) is 0 Å². The van der Waals surface area contributed by atoms with Gasteiger partial charge in [0.25, 0.3) is 5.56 Å². The number of nitrogens with one attached hydrogen (secondary N) is 1. The highest BCUT2D eigenvalue weighted by atomic mass is 35.5. The quantitative estimate of drug-likeness (QED) is 0.919.